The first kappa shape index (κ1) is 20.0. The molecule has 2 aromatic rings. The van der Waals surface area contributed by atoms with Crippen molar-refractivity contribution in [1.82, 2.24) is 5.32 Å². The molecule has 0 aromatic heterocycles. The summed E-state index contributed by atoms with van der Waals surface area (Å²) in [6.45, 7) is 3.80. The molecule has 0 aliphatic heterocycles. The molecule has 3 atom stereocenters. The maximum absolute atomic E-state index is 12.5. The Kier molecular flexibility index (Phi) is 7.75. The second-order valence-electron chi connectivity index (χ2n) is 5.73. The molecule has 2 aromatic carbocycles. The van der Waals surface area contributed by atoms with Crippen molar-refractivity contribution in [3.05, 3.63) is 65.7 Å². The van der Waals surface area contributed by atoms with Crippen molar-refractivity contribution in [2.24, 2.45) is 11.7 Å². The van der Waals surface area contributed by atoms with E-state index >= 15 is 0 Å². The summed E-state index contributed by atoms with van der Waals surface area (Å²) in [5.74, 6) is 0.403. The SMILES string of the molecule is COc1cccc(C(C)NC(=O)C(C)C(N)c2ccccc2)c1.Cl. The van der Waals surface area contributed by atoms with E-state index in [1.54, 1.807) is 7.11 Å². The number of halogens is 1. The van der Waals surface area contributed by atoms with Crippen molar-refractivity contribution in [3.8, 4) is 5.75 Å². The summed E-state index contributed by atoms with van der Waals surface area (Å²) in [6.07, 6.45) is 0. The van der Waals surface area contributed by atoms with Crippen LogP contribution in [0.3, 0.4) is 0 Å². The van der Waals surface area contributed by atoms with Gasteiger partial charge in [-0.15, -0.1) is 12.4 Å². The van der Waals surface area contributed by atoms with Gasteiger partial charge in [0, 0.05) is 6.04 Å². The van der Waals surface area contributed by atoms with E-state index in [-0.39, 0.29) is 36.3 Å². The van der Waals surface area contributed by atoms with Gasteiger partial charge in [0.15, 0.2) is 0 Å². The predicted molar refractivity (Wildman–Crippen MR) is 99.3 cm³/mol. The van der Waals surface area contributed by atoms with Crippen molar-refractivity contribution in [3.63, 3.8) is 0 Å². The standard InChI is InChI=1S/C19H24N2O2.ClH/c1-13(18(20)15-8-5-4-6-9-15)19(22)21-14(2)16-10-7-11-17(12-16)23-3;/h4-14,18H,20H2,1-3H3,(H,21,22);1H. The van der Waals surface area contributed by atoms with Gasteiger partial charge >= 0.3 is 0 Å². The number of methoxy groups -OCH3 is 1. The largest absolute Gasteiger partial charge is 0.497 e. The Balaban J connectivity index is 0.00000288. The van der Waals surface area contributed by atoms with Crippen LogP contribution in [0, 0.1) is 5.92 Å². The molecule has 5 heteroatoms. The number of amides is 1. The Hall–Kier alpha value is -2.04. The molecule has 0 spiro atoms. The van der Waals surface area contributed by atoms with Gasteiger partial charge in [0.25, 0.3) is 0 Å². The number of nitrogens with two attached hydrogens (primary N) is 1. The van der Waals surface area contributed by atoms with E-state index in [2.05, 4.69) is 5.32 Å². The highest BCUT2D eigenvalue weighted by atomic mass is 35.5. The lowest BCUT2D eigenvalue weighted by atomic mass is 9.94. The van der Waals surface area contributed by atoms with Crippen LogP contribution in [-0.2, 0) is 4.79 Å². The lowest BCUT2D eigenvalue weighted by molar-refractivity contribution is -0.125. The highest BCUT2D eigenvalue weighted by Crippen LogP contribution is 2.22. The van der Waals surface area contributed by atoms with Crippen molar-refractivity contribution in [1.29, 1.82) is 0 Å². The molecule has 0 saturated heterocycles. The van der Waals surface area contributed by atoms with Gasteiger partial charge < -0.3 is 15.8 Å². The van der Waals surface area contributed by atoms with Crippen LogP contribution in [0.25, 0.3) is 0 Å². The maximum atomic E-state index is 12.5. The van der Waals surface area contributed by atoms with Crippen LogP contribution in [0.15, 0.2) is 54.6 Å². The summed E-state index contributed by atoms with van der Waals surface area (Å²) in [6, 6.07) is 16.9. The number of carbonyl (C=O) groups excluding carboxylic acids is 1. The van der Waals surface area contributed by atoms with E-state index in [0.717, 1.165) is 16.9 Å². The van der Waals surface area contributed by atoms with Gasteiger partial charge in [-0.2, -0.15) is 0 Å². The molecule has 4 nitrogen and oxygen atoms in total. The first-order chi connectivity index (χ1) is 11.0. The van der Waals surface area contributed by atoms with Gasteiger partial charge in [-0.25, -0.2) is 0 Å². The quantitative estimate of drug-likeness (QED) is 0.837. The number of rotatable bonds is 6. The van der Waals surface area contributed by atoms with Crippen molar-refractivity contribution in [2.45, 2.75) is 25.9 Å². The minimum absolute atomic E-state index is 0. The minimum atomic E-state index is -0.325. The first-order valence-corrected chi connectivity index (χ1v) is 7.77. The van der Waals surface area contributed by atoms with E-state index < -0.39 is 0 Å². The molecule has 0 aliphatic rings. The number of ether oxygens (including phenoxy) is 1. The van der Waals surface area contributed by atoms with E-state index in [4.69, 9.17) is 10.5 Å². The Labute approximate surface area is 149 Å². The normalized spacial score (nSPS) is 14.0. The molecular weight excluding hydrogens is 324 g/mol. The highest BCUT2D eigenvalue weighted by molar-refractivity contribution is 5.85. The number of nitrogens with one attached hydrogen (secondary N) is 1. The Morgan fingerprint density at radius 1 is 1.04 bits per heavy atom. The van der Waals surface area contributed by atoms with E-state index in [0.29, 0.717) is 0 Å². The lowest BCUT2D eigenvalue weighted by Crippen LogP contribution is -2.36. The highest BCUT2D eigenvalue weighted by Gasteiger charge is 2.23. The zero-order chi connectivity index (χ0) is 16.8. The third-order valence-electron chi connectivity index (χ3n) is 4.09. The molecule has 0 saturated carbocycles. The van der Waals surface area contributed by atoms with Gasteiger partial charge in [0.05, 0.1) is 19.1 Å². The summed E-state index contributed by atoms with van der Waals surface area (Å²) in [5, 5.41) is 3.02. The fourth-order valence-electron chi connectivity index (χ4n) is 2.47. The predicted octanol–water partition coefficient (Wildman–Crippen LogP) is 3.63. The second-order valence-corrected chi connectivity index (χ2v) is 5.73. The third-order valence-corrected chi connectivity index (χ3v) is 4.09. The number of hydrogen-bond donors (Lipinski definition) is 2. The van der Waals surface area contributed by atoms with Crippen molar-refractivity contribution < 1.29 is 9.53 Å². The zero-order valence-corrected chi connectivity index (χ0v) is 15.0. The Bertz CT molecular complexity index is 649. The van der Waals surface area contributed by atoms with Crippen molar-refractivity contribution in [2.75, 3.05) is 7.11 Å². The Morgan fingerprint density at radius 3 is 2.29 bits per heavy atom. The second kappa shape index (κ2) is 9.30. The molecule has 3 unspecified atom stereocenters. The average Bonchev–Trinajstić information content (AvgIpc) is 2.61. The molecule has 130 valence electrons. The number of benzene rings is 2. The van der Waals surface area contributed by atoms with Crippen LogP contribution in [-0.4, -0.2) is 13.0 Å². The van der Waals surface area contributed by atoms with Gasteiger partial charge in [-0.3, -0.25) is 4.79 Å². The van der Waals surface area contributed by atoms with Crippen LogP contribution in [0.2, 0.25) is 0 Å². The van der Waals surface area contributed by atoms with Crippen LogP contribution in [0.1, 0.15) is 37.1 Å². The zero-order valence-electron chi connectivity index (χ0n) is 14.2. The van der Waals surface area contributed by atoms with Crippen molar-refractivity contribution >= 4 is 18.3 Å². The summed E-state index contributed by atoms with van der Waals surface area (Å²) >= 11 is 0. The van der Waals surface area contributed by atoms with Crippen LogP contribution in [0.5, 0.6) is 5.75 Å². The lowest BCUT2D eigenvalue weighted by Gasteiger charge is -2.22. The summed E-state index contributed by atoms with van der Waals surface area (Å²) in [7, 11) is 1.63. The molecule has 0 bridgehead atoms. The number of carbonyl (C=O) groups is 1. The van der Waals surface area contributed by atoms with Gasteiger partial charge in [0.1, 0.15) is 5.75 Å². The topological polar surface area (TPSA) is 64.3 Å². The molecule has 3 N–H and O–H groups in total. The van der Waals surface area contributed by atoms with E-state index in [1.165, 1.54) is 0 Å². The Morgan fingerprint density at radius 2 is 1.67 bits per heavy atom. The van der Waals surface area contributed by atoms with Crippen LogP contribution >= 0.6 is 12.4 Å². The average molecular weight is 349 g/mol. The first-order valence-electron chi connectivity index (χ1n) is 7.77. The van der Waals surface area contributed by atoms with E-state index in [9.17, 15) is 4.79 Å². The summed E-state index contributed by atoms with van der Waals surface area (Å²) in [5.41, 5.74) is 8.18. The molecule has 1 amide bonds. The molecule has 24 heavy (non-hydrogen) atoms. The fourth-order valence-corrected chi connectivity index (χ4v) is 2.47. The molecule has 0 heterocycles. The maximum Gasteiger partial charge on any atom is 0.225 e. The monoisotopic (exact) mass is 348 g/mol. The van der Waals surface area contributed by atoms with Crippen LogP contribution < -0.4 is 15.8 Å². The molecule has 0 aliphatic carbocycles. The summed E-state index contributed by atoms with van der Waals surface area (Å²) < 4.78 is 5.22. The van der Waals surface area contributed by atoms with Gasteiger partial charge in [0.2, 0.25) is 5.91 Å². The molecule has 0 radical (unpaired) electrons. The third kappa shape index (κ3) is 4.98. The van der Waals surface area contributed by atoms with Gasteiger partial charge in [-0.1, -0.05) is 49.4 Å². The molecular formula is C19H25ClN2O2. The molecule has 0 fully saturated rings. The van der Waals surface area contributed by atoms with Crippen LogP contribution in [0.4, 0.5) is 0 Å². The smallest absolute Gasteiger partial charge is 0.225 e. The fraction of sp³-hybridized carbons (Fsp3) is 0.316. The van der Waals surface area contributed by atoms with E-state index in [1.807, 2.05) is 68.4 Å². The molecule has 2 rings (SSSR count). The summed E-state index contributed by atoms with van der Waals surface area (Å²) in [4.78, 5) is 12.5. The minimum Gasteiger partial charge on any atom is -0.497 e. The van der Waals surface area contributed by atoms with Gasteiger partial charge in [-0.05, 0) is 30.2 Å². The number of hydrogen-bond acceptors (Lipinski definition) is 3.